The smallest absolute Gasteiger partial charge is 0.254 e. The predicted octanol–water partition coefficient (Wildman–Crippen LogP) is 2.62. The molecular weight excluding hydrogens is 432 g/mol. The number of rotatable bonds is 5. The van der Waals surface area contributed by atoms with Crippen molar-refractivity contribution in [2.45, 2.75) is 50.9 Å². The van der Waals surface area contributed by atoms with Crippen LogP contribution in [0.5, 0.6) is 0 Å². The third kappa shape index (κ3) is 5.09. The zero-order valence-corrected chi connectivity index (χ0v) is 20.1. The molecule has 3 aliphatic rings. The van der Waals surface area contributed by atoms with Crippen LogP contribution >= 0.6 is 11.8 Å². The van der Waals surface area contributed by atoms with Gasteiger partial charge in [0.25, 0.3) is 5.91 Å². The van der Waals surface area contributed by atoms with Gasteiger partial charge in [0.2, 0.25) is 0 Å². The molecule has 3 heterocycles. The highest BCUT2D eigenvalue weighted by Crippen LogP contribution is 2.35. The summed E-state index contributed by atoms with van der Waals surface area (Å²) >= 11 is 1.50. The molecule has 1 N–H and O–H groups in total. The van der Waals surface area contributed by atoms with Crippen molar-refractivity contribution in [1.29, 1.82) is 0 Å². The molecule has 3 aliphatic heterocycles. The molecule has 1 amide bonds. The average Bonchev–Trinajstić information content (AvgIpc) is 3.22. The first-order chi connectivity index (χ1) is 14.8. The van der Waals surface area contributed by atoms with Gasteiger partial charge in [-0.15, -0.1) is 0 Å². The van der Waals surface area contributed by atoms with Crippen LogP contribution in [0.4, 0.5) is 5.69 Å². The highest BCUT2D eigenvalue weighted by Gasteiger charge is 2.42. The van der Waals surface area contributed by atoms with Crippen molar-refractivity contribution in [3.8, 4) is 0 Å². The number of carbonyl (C=O) groups excluding carboxylic acids is 1. The minimum atomic E-state index is -2.96. The number of amidine groups is 1. The summed E-state index contributed by atoms with van der Waals surface area (Å²) in [5.41, 5.74) is 2.56. The lowest BCUT2D eigenvalue weighted by molar-refractivity contribution is 0.0575. The van der Waals surface area contributed by atoms with Gasteiger partial charge in [0.1, 0.15) is 0 Å². The molecule has 0 bridgehead atoms. The fraction of sp³-hybridized carbons (Fsp3) is 0.636. The molecule has 0 aromatic heterocycles. The maximum Gasteiger partial charge on any atom is 0.254 e. The predicted molar refractivity (Wildman–Crippen MR) is 128 cm³/mol. The Kier molecular flexibility index (Phi) is 6.65. The van der Waals surface area contributed by atoms with Gasteiger partial charge in [0.15, 0.2) is 15.0 Å². The summed E-state index contributed by atoms with van der Waals surface area (Å²) in [5.74, 6) is 0.392. The van der Waals surface area contributed by atoms with Gasteiger partial charge in [-0.1, -0.05) is 31.2 Å². The van der Waals surface area contributed by atoms with Crippen LogP contribution in [0.3, 0.4) is 0 Å². The molecule has 4 rings (SSSR count). The van der Waals surface area contributed by atoms with Crippen LogP contribution in [-0.4, -0.2) is 84.3 Å². The van der Waals surface area contributed by atoms with Gasteiger partial charge in [-0.25, -0.2) is 8.42 Å². The SMILES string of the molecule is CCCC(C)N1CCN(C(=O)c2ccc(C)c(NC3=NC4CS(=O)(=O)CC4S3)c2)CC1. The summed E-state index contributed by atoms with van der Waals surface area (Å²) in [4.78, 5) is 22.1. The van der Waals surface area contributed by atoms with E-state index in [4.69, 9.17) is 0 Å². The maximum absolute atomic E-state index is 13.1. The van der Waals surface area contributed by atoms with Crippen LogP contribution in [0.25, 0.3) is 0 Å². The van der Waals surface area contributed by atoms with Gasteiger partial charge < -0.3 is 10.2 Å². The van der Waals surface area contributed by atoms with Gasteiger partial charge >= 0.3 is 0 Å². The molecule has 2 fully saturated rings. The summed E-state index contributed by atoms with van der Waals surface area (Å²) in [6.45, 7) is 9.82. The molecule has 0 spiro atoms. The third-order valence-electron chi connectivity index (χ3n) is 6.48. The minimum Gasteiger partial charge on any atom is -0.336 e. The van der Waals surface area contributed by atoms with Crippen LogP contribution in [0.1, 0.15) is 42.6 Å². The lowest BCUT2D eigenvalue weighted by Gasteiger charge is -2.38. The first kappa shape index (κ1) is 22.6. The number of aliphatic imine (C=N–C) groups is 1. The van der Waals surface area contributed by atoms with Gasteiger partial charge in [0.05, 0.1) is 17.5 Å². The number of benzene rings is 1. The summed E-state index contributed by atoms with van der Waals surface area (Å²) < 4.78 is 23.6. The van der Waals surface area contributed by atoms with E-state index in [0.29, 0.717) is 11.6 Å². The second-order valence-corrected chi connectivity index (χ2v) is 12.2. The Balaban J connectivity index is 1.40. The zero-order valence-electron chi connectivity index (χ0n) is 18.5. The number of sulfone groups is 1. The van der Waals surface area contributed by atoms with Crippen LogP contribution in [0.15, 0.2) is 23.2 Å². The first-order valence-electron chi connectivity index (χ1n) is 11.1. The van der Waals surface area contributed by atoms with E-state index >= 15 is 0 Å². The highest BCUT2D eigenvalue weighted by molar-refractivity contribution is 8.15. The van der Waals surface area contributed by atoms with Crippen LogP contribution in [0.2, 0.25) is 0 Å². The molecule has 1 aromatic rings. The Morgan fingerprint density at radius 1 is 1.26 bits per heavy atom. The molecule has 170 valence electrons. The third-order valence-corrected chi connectivity index (χ3v) is 9.62. The van der Waals surface area contributed by atoms with E-state index in [0.717, 1.165) is 42.6 Å². The number of fused-ring (bicyclic) bond motifs is 1. The molecule has 3 atom stereocenters. The highest BCUT2D eigenvalue weighted by atomic mass is 32.2. The maximum atomic E-state index is 13.1. The quantitative estimate of drug-likeness (QED) is 0.721. The number of piperazine rings is 1. The van der Waals surface area contributed by atoms with Crippen molar-refractivity contribution in [3.05, 3.63) is 29.3 Å². The van der Waals surface area contributed by atoms with Gasteiger partial charge in [-0.05, 0) is 38.0 Å². The standard InChI is InChI=1S/C22H32N4O3S2/c1-4-5-16(3)25-8-10-26(11-9-25)21(27)17-7-6-15(2)18(12-17)23-22-24-19-13-31(28,29)14-20(19)30-22/h6-7,12,16,19-20H,4-5,8-11,13-14H2,1-3H3,(H,23,24). The van der Waals surface area contributed by atoms with Crippen molar-refractivity contribution < 1.29 is 13.2 Å². The van der Waals surface area contributed by atoms with Gasteiger partial charge in [-0.2, -0.15) is 0 Å². The second-order valence-electron chi connectivity index (χ2n) is 8.86. The molecule has 7 nitrogen and oxygen atoms in total. The molecule has 2 saturated heterocycles. The van der Waals surface area contributed by atoms with Crippen molar-refractivity contribution in [3.63, 3.8) is 0 Å². The summed E-state index contributed by atoms with van der Waals surface area (Å²) in [5, 5.41) is 4.09. The van der Waals surface area contributed by atoms with Gasteiger partial charge in [0, 0.05) is 48.7 Å². The Labute approximate surface area is 189 Å². The molecule has 1 aromatic carbocycles. The Bertz CT molecular complexity index is 971. The largest absolute Gasteiger partial charge is 0.336 e. The average molecular weight is 465 g/mol. The monoisotopic (exact) mass is 464 g/mol. The molecule has 0 radical (unpaired) electrons. The summed E-state index contributed by atoms with van der Waals surface area (Å²) in [6.07, 6.45) is 2.37. The number of carbonyl (C=O) groups is 1. The first-order valence-corrected chi connectivity index (χ1v) is 13.8. The van der Waals surface area contributed by atoms with Crippen LogP contribution in [0, 0.1) is 6.92 Å². The Hall–Kier alpha value is -1.58. The van der Waals surface area contributed by atoms with Crippen molar-refractivity contribution >= 4 is 38.4 Å². The van der Waals surface area contributed by atoms with E-state index < -0.39 is 9.84 Å². The number of hydrogen-bond donors (Lipinski definition) is 1. The van der Waals surface area contributed by atoms with Crippen molar-refractivity contribution in [2.75, 3.05) is 43.0 Å². The normalized spacial score (nSPS) is 26.4. The van der Waals surface area contributed by atoms with E-state index in [2.05, 4.69) is 29.1 Å². The number of amides is 1. The lowest BCUT2D eigenvalue weighted by atomic mass is 10.1. The van der Waals surface area contributed by atoms with E-state index in [9.17, 15) is 13.2 Å². The number of hydrogen-bond acceptors (Lipinski definition) is 7. The number of nitrogens with one attached hydrogen (secondary N) is 1. The molecule has 0 saturated carbocycles. The topological polar surface area (TPSA) is 82.1 Å². The fourth-order valence-electron chi connectivity index (χ4n) is 4.57. The Morgan fingerprint density at radius 3 is 2.68 bits per heavy atom. The number of nitrogens with zero attached hydrogens (tertiary/aromatic N) is 3. The summed E-state index contributed by atoms with van der Waals surface area (Å²) in [6, 6.07) is 6.16. The Morgan fingerprint density at radius 2 is 2.00 bits per heavy atom. The molecule has 3 unspecified atom stereocenters. The number of aryl methyl sites for hydroxylation is 1. The van der Waals surface area contributed by atoms with E-state index in [1.807, 2.05) is 30.0 Å². The number of anilines is 1. The fourth-order valence-corrected chi connectivity index (χ4v) is 8.24. The van der Waals surface area contributed by atoms with Crippen molar-refractivity contribution in [1.82, 2.24) is 9.80 Å². The lowest BCUT2D eigenvalue weighted by Crippen LogP contribution is -2.51. The van der Waals surface area contributed by atoms with Gasteiger partial charge in [-0.3, -0.25) is 14.7 Å². The minimum absolute atomic E-state index is 0.00372. The van der Waals surface area contributed by atoms with E-state index in [1.54, 1.807) is 0 Å². The molecular formula is C22H32N4O3S2. The molecule has 0 aliphatic carbocycles. The van der Waals surface area contributed by atoms with E-state index in [1.165, 1.54) is 24.6 Å². The van der Waals surface area contributed by atoms with Crippen molar-refractivity contribution in [2.24, 2.45) is 4.99 Å². The summed E-state index contributed by atoms with van der Waals surface area (Å²) in [7, 11) is -2.96. The number of thioether (sulfide) groups is 1. The van der Waals surface area contributed by atoms with Crippen LogP contribution < -0.4 is 5.32 Å². The zero-order chi connectivity index (χ0) is 22.2. The second kappa shape index (κ2) is 9.11. The molecule has 31 heavy (non-hydrogen) atoms. The van der Waals surface area contributed by atoms with Crippen LogP contribution in [-0.2, 0) is 9.84 Å². The molecule has 9 heteroatoms. The van der Waals surface area contributed by atoms with E-state index in [-0.39, 0.29) is 28.7 Å².